The Morgan fingerprint density at radius 2 is 1.07 bits per heavy atom. The van der Waals surface area contributed by atoms with Gasteiger partial charge in [0.15, 0.2) is 0 Å². The molecule has 4 aliphatic rings. The summed E-state index contributed by atoms with van der Waals surface area (Å²) >= 11 is 0. The van der Waals surface area contributed by atoms with Gasteiger partial charge in [-0.3, -0.25) is 9.59 Å². The topological polar surface area (TPSA) is 34.1 Å². The van der Waals surface area contributed by atoms with E-state index in [9.17, 15) is 9.59 Å². The summed E-state index contributed by atoms with van der Waals surface area (Å²) in [5.41, 5.74) is 2.74. The first-order valence-corrected chi connectivity index (χ1v) is 11.1. The van der Waals surface area contributed by atoms with Crippen molar-refractivity contribution in [1.82, 2.24) is 0 Å². The van der Waals surface area contributed by atoms with Gasteiger partial charge in [0.25, 0.3) is 0 Å². The fourth-order valence-corrected chi connectivity index (χ4v) is 7.31. The fourth-order valence-electron chi connectivity index (χ4n) is 7.31. The highest BCUT2D eigenvalue weighted by Gasteiger charge is 2.60. The molecule has 0 spiro atoms. The van der Waals surface area contributed by atoms with E-state index in [0.717, 1.165) is 25.7 Å². The van der Waals surface area contributed by atoms with Crippen LogP contribution in [0, 0.1) is 46.3 Å². The minimum absolute atomic E-state index is 0.105. The molecule has 148 valence electrons. The Morgan fingerprint density at radius 1 is 0.714 bits per heavy atom. The van der Waals surface area contributed by atoms with Gasteiger partial charge in [-0.05, 0) is 72.3 Å². The lowest BCUT2D eigenvalue weighted by atomic mass is 9.78. The van der Waals surface area contributed by atoms with Crippen LogP contribution in [-0.2, 0) is 22.4 Å². The Balaban J connectivity index is 1.27. The largest absolute Gasteiger partial charge is 0.299 e. The molecule has 4 bridgehead atoms. The summed E-state index contributed by atoms with van der Waals surface area (Å²) in [5.74, 6) is 4.61. The summed E-state index contributed by atoms with van der Waals surface area (Å²) in [7, 11) is 0. The number of fused-ring (bicyclic) bond motifs is 4. The molecule has 0 saturated heterocycles. The first-order valence-electron chi connectivity index (χ1n) is 11.1. The van der Waals surface area contributed by atoms with Gasteiger partial charge in [-0.1, -0.05) is 52.0 Å². The van der Waals surface area contributed by atoms with Gasteiger partial charge in [0.1, 0.15) is 11.6 Å². The molecule has 4 atom stereocenters. The molecule has 4 aliphatic carbocycles. The van der Waals surface area contributed by atoms with Crippen LogP contribution in [0.15, 0.2) is 24.3 Å². The van der Waals surface area contributed by atoms with Gasteiger partial charge in [-0.15, -0.1) is 0 Å². The summed E-state index contributed by atoms with van der Waals surface area (Å²) < 4.78 is 0. The Labute approximate surface area is 169 Å². The summed E-state index contributed by atoms with van der Waals surface area (Å²) in [5, 5.41) is 0. The van der Waals surface area contributed by atoms with E-state index >= 15 is 0 Å². The molecule has 2 nitrogen and oxygen atoms in total. The van der Waals surface area contributed by atoms with E-state index in [1.807, 2.05) is 0 Å². The van der Waals surface area contributed by atoms with Crippen LogP contribution < -0.4 is 0 Å². The number of hydrogen-bond acceptors (Lipinski definition) is 2. The molecule has 0 N–H and O–H groups in total. The Hall–Kier alpha value is -1.44. The van der Waals surface area contributed by atoms with Gasteiger partial charge in [0.05, 0.1) is 0 Å². The van der Waals surface area contributed by atoms with Crippen molar-refractivity contribution in [3.8, 4) is 0 Å². The van der Waals surface area contributed by atoms with Crippen LogP contribution in [-0.4, -0.2) is 11.6 Å². The molecule has 5 rings (SSSR count). The van der Waals surface area contributed by atoms with E-state index in [2.05, 4.69) is 52.0 Å². The maximum Gasteiger partial charge on any atom is 0.144 e. The van der Waals surface area contributed by atoms with Gasteiger partial charge in [0.2, 0.25) is 0 Å². The SMILES string of the molecule is CC1(C)[C]2CCC1C(Cc1ccc(CC3C(=O)[C]4CCC3C4(C)C)cc1)C2=O. The quantitative estimate of drug-likeness (QED) is 0.724. The predicted octanol–water partition coefficient (Wildman–Crippen LogP) is 5.19. The van der Waals surface area contributed by atoms with E-state index in [-0.39, 0.29) is 22.7 Å². The second-order valence-corrected chi connectivity index (χ2v) is 10.9. The fraction of sp³-hybridized carbons (Fsp3) is 0.615. The number of hydrogen-bond donors (Lipinski definition) is 0. The van der Waals surface area contributed by atoms with Crippen molar-refractivity contribution < 1.29 is 9.59 Å². The lowest BCUT2D eigenvalue weighted by molar-refractivity contribution is -0.121. The molecular weight excluding hydrogens is 344 g/mol. The summed E-state index contributed by atoms with van der Waals surface area (Å²) in [6, 6.07) is 8.79. The molecular formula is C26H32O2. The minimum Gasteiger partial charge on any atom is -0.299 e. The number of carbonyl (C=O) groups excluding carboxylic acids is 2. The first-order chi connectivity index (χ1) is 13.2. The van der Waals surface area contributed by atoms with E-state index in [1.165, 1.54) is 35.8 Å². The summed E-state index contributed by atoms with van der Waals surface area (Å²) in [6.07, 6.45) is 6.11. The number of carbonyl (C=O) groups is 2. The average Bonchev–Trinajstić information content (AvgIpc) is 3.22. The molecule has 2 heteroatoms. The lowest BCUT2D eigenvalue weighted by Crippen LogP contribution is -2.24. The molecule has 0 aliphatic heterocycles. The van der Waals surface area contributed by atoms with Gasteiger partial charge in [0, 0.05) is 23.7 Å². The summed E-state index contributed by atoms with van der Waals surface area (Å²) in [6.45, 7) is 9.03. The van der Waals surface area contributed by atoms with Crippen LogP contribution in [0.2, 0.25) is 0 Å². The molecule has 0 heterocycles. The Kier molecular flexibility index (Phi) is 4.00. The van der Waals surface area contributed by atoms with Crippen molar-refractivity contribution in [2.24, 2.45) is 34.5 Å². The van der Waals surface area contributed by atoms with Crippen LogP contribution in [0.25, 0.3) is 0 Å². The Morgan fingerprint density at radius 3 is 1.36 bits per heavy atom. The predicted molar refractivity (Wildman–Crippen MR) is 110 cm³/mol. The van der Waals surface area contributed by atoms with E-state index < -0.39 is 0 Å². The third-order valence-corrected chi connectivity index (χ3v) is 8.99. The van der Waals surface area contributed by atoms with Gasteiger partial charge in [-0.25, -0.2) is 0 Å². The number of ketones is 2. The van der Waals surface area contributed by atoms with E-state index in [1.54, 1.807) is 0 Å². The molecule has 28 heavy (non-hydrogen) atoms. The van der Waals surface area contributed by atoms with Gasteiger partial charge >= 0.3 is 0 Å². The average molecular weight is 377 g/mol. The third-order valence-electron chi connectivity index (χ3n) is 8.99. The second kappa shape index (κ2) is 6.03. The molecule has 2 radical (unpaired) electrons. The molecule has 4 fully saturated rings. The third kappa shape index (κ3) is 2.45. The van der Waals surface area contributed by atoms with Crippen molar-refractivity contribution >= 4 is 11.6 Å². The molecule has 0 aromatic heterocycles. The zero-order chi connectivity index (χ0) is 19.8. The molecule has 4 unspecified atom stereocenters. The lowest BCUT2D eigenvalue weighted by Gasteiger charge is -2.26. The molecule has 1 aromatic rings. The maximum absolute atomic E-state index is 12.8. The molecule has 4 saturated carbocycles. The van der Waals surface area contributed by atoms with Crippen LogP contribution in [0.5, 0.6) is 0 Å². The van der Waals surface area contributed by atoms with Crippen molar-refractivity contribution in [3.05, 3.63) is 47.2 Å². The monoisotopic (exact) mass is 376 g/mol. The highest BCUT2D eigenvalue weighted by atomic mass is 16.1. The molecule has 0 amide bonds. The zero-order valence-electron chi connectivity index (χ0n) is 17.7. The first kappa shape index (κ1) is 18.6. The number of Topliss-reactive ketones (excluding diaryl/α,β-unsaturated/α-hetero) is 2. The van der Waals surface area contributed by atoms with Crippen LogP contribution in [0.1, 0.15) is 64.5 Å². The van der Waals surface area contributed by atoms with Crippen LogP contribution in [0.3, 0.4) is 0 Å². The standard InChI is InChI=1S/C26H32O2/c1-25(2)19-9-11-21(25)23(27)17(19)13-15-5-7-16(8-6-15)14-18-20-10-12-22(24(18)28)26(20,3)4/h5-8,17-20H,9-14H2,1-4H3. The smallest absolute Gasteiger partial charge is 0.144 e. The minimum atomic E-state index is 0.105. The second-order valence-electron chi connectivity index (χ2n) is 10.9. The van der Waals surface area contributed by atoms with Gasteiger partial charge < -0.3 is 0 Å². The van der Waals surface area contributed by atoms with E-state index in [0.29, 0.717) is 23.4 Å². The van der Waals surface area contributed by atoms with Crippen molar-refractivity contribution in [1.29, 1.82) is 0 Å². The van der Waals surface area contributed by atoms with Crippen molar-refractivity contribution in [3.63, 3.8) is 0 Å². The zero-order valence-corrected chi connectivity index (χ0v) is 17.7. The van der Waals surface area contributed by atoms with Crippen molar-refractivity contribution in [2.75, 3.05) is 0 Å². The highest BCUT2D eigenvalue weighted by molar-refractivity contribution is 6.00. The van der Waals surface area contributed by atoms with Gasteiger partial charge in [-0.2, -0.15) is 0 Å². The Bertz CT molecular complexity index is 746. The van der Waals surface area contributed by atoms with E-state index in [4.69, 9.17) is 0 Å². The summed E-state index contributed by atoms with van der Waals surface area (Å²) in [4.78, 5) is 25.6. The van der Waals surface area contributed by atoms with Crippen molar-refractivity contribution in [2.45, 2.75) is 66.2 Å². The van der Waals surface area contributed by atoms with Crippen LogP contribution in [0.4, 0.5) is 0 Å². The number of benzene rings is 1. The van der Waals surface area contributed by atoms with Crippen LogP contribution >= 0.6 is 0 Å². The highest BCUT2D eigenvalue weighted by Crippen LogP contribution is 2.61. The molecule has 1 aromatic carbocycles. The number of rotatable bonds is 4. The maximum atomic E-state index is 12.8. The normalized spacial score (nSPS) is 36.0.